The summed E-state index contributed by atoms with van der Waals surface area (Å²) in [6.45, 7) is 1.40. The summed E-state index contributed by atoms with van der Waals surface area (Å²) in [6.07, 6.45) is 0.0950. The van der Waals surface area contributed by atoms with Crippen LogP contribution in [0.25, 0.3) is 10.9 Å². The lowest BCUT2D eigenvalue weighted by Crippen LogP contribution is -2.58. The number of benzene rings is 1. The summed E-state index contributed by atoms with van der Waals surface area (Å²) >= 11 is 0. The van der Waals surface area contributed by atoms with Crippen molar-refractivity contribution in [1.82, 2.24) is 20.9 Å². The summed E-state index contributed by atoms with van der Waals surface area (Å²) in [5, 5.41) is 27.6. The van der Waals surface area contributed by atoms with E-state index in [4.69, 9.17) is 22.9 Å². The zero-order valence-electron chi connectivity index (χ0n) is 23.2. The second-order valence-electron chi connectivity index (χ2n) is 9.81. The molecule has 230 valence electrons. The van der Waals surface area contributed by atoms with Crippen LogP contribution in [0.5, 0.6) is 0 Å². The summed E-state index contributed by atoms with van der Waals surface area (Å²) in [7, 11) is 0. The highest BCUT2D eigenvalue weighted by Crippen LogP contribution is 2.19. The van der Waals surface area contributed by atoms with Gasteiger partial charge < -0.3 is 54.1 Å². The van der Waals surface area contributed by atoms with Gasteiger partial charge in [-0.25, -0.2) is 4.79 Å². The topological polar surface area (TPSA) is 294 Å². The number of aliphatic carboxylic acids is 1. The first-order chi connectivity index (χ1) is 19.8. The van der Waals surface area contributed by atoms with Crippen molar-refractivity contribution in [2.24, 2.45) is 27.9 Å². The average molecular weight is 590 g/mol. The Morgan fingerprint density at radius 3 is 2.12 bits per heavy atom. The van der Waals surface area contributed by atoms with Gasteiger partial charge in [0.2, 0.25) is 23.6 Å². The number of fused-ring (bicyclic) bond motifs is 1. The monoisotopic (exact) mass is 589 g/mol. The van der Waals surface area contributed by atoms with Crippen LogP contribution < -0.4 is 38.9 Å². The molecule has 16 heteroatoms. The Balaban J connectivity index is 2.24. The number of aromatic amines is 1. The number of carbonyl (C=O) groups excluding carboxylic acids is 4. The normalized spacial score (nSPS) is 14.5. The van der Waals surface area contributed by atoms with E-state index in [9.17, 15) is 34.2 Å². The minimum atomic E-state index is -1.37. The van der Waals surface area contributed by atoms with Crippen LogP contribution in [0.1, 0.15) is 38.2 Å². The summed E-state index contributed by atoms with van der Waals surface area (Å²) in [6, 6.07) is 1.95. The minimum Gasteiger partial charge on any atom is -0.480 e. The number of carboxylic acid groups (broad SMARTS) is 1. The molecule has 14 N–H and O–H groups in total. The van der Waals surface area contributed by atoms with E-state index in [1.54, 1.807) is 12.3 Å². The van der Waals surface area contributed by atoms with Crippen molar-refractivity contribution < 1.29 is 34.2 Å². The number of aliphatic hydroxyl groups is 1. The number of aliphatic hydroxyl groups excluding tert-OH is 1. The average Bonchev–Trinajstić information content (AvgIpc) is 3.33. The fourth-order valence-electron chi connectivity index (χ4n) is 4.08. The molecule has 0 fully saturated rings. The number of hydrogen-bond donors (Lipinski definition) is 10. The number of nitrogens with one attached hydrogen (secondary N) is 4. The third-order valence-electron chi connectivity index (χ3n) is 6.43. The molecule has 5 unspecified atom stereocenters. The van der Waals surface area contributed by atoms with E-state index in [0.717, 1.165) is 10.9 Å². The number of nitrogens with zero attached hydrogens (tertiary/aromatic N) is 1. The lowest BCUT2D eigenvalue weighted by molar-refractivity contribution is -0.142. The van der Waals surface area contributed by atoms with Gasteiger partial charge in [0.25, 0.3) is 0 Å². The van der Waals surface area contributed by atoms with Crippen LogP contribution in [0.15, 0.2) is 35.5 Å². The molecule has 5 atom stereocenters. The first-order valence-corrected chi connectivity index (χ1v) is 13.3. The number of aromatic nitrogens is 1. The second kappa shape index (κ2) is 15.9. The van der Waals surface area contributed by atoms with Gasteiger partial charge in [-0.2, -0.15) is 0 Å². The molecule has 1 heterocycles. The number of nitrogens with two attached hydrogens (primary N) is 4. The van der Waals surface area contributed by atoms with Gasteiger partial charge in [0.1, 0.15) is 24.2 Å². The Morgan fingerprint density at radius 2 is 1.52 bits per heavy atom. The largest absolute Gasteiger partial charge is 0.480 e. The molecule has 0 saturated heterocycles. The third-order valence-corrected chi connectivity index (χ3v) is 6.43. The zero-order valence-corrected chi connectivity index (χ0v) is 23.2. The Morgan fingerprint density at radius 1 is 0.929 bits per heavy atom. The number of primary amides is 1. The molecule has 0 aliphatic carbocycles. The van der Waals surface area contributed by atoms with Gasteiger partial charge >= 0.3 is 5.97 Å². The highest BCUT2D eigenvalue weighted by molar-refractivity contribution is 5.94. The Bertz CT molecular complexity index is 1290. The molecule has 16 nitrogen and oxygen atoms in total. The Hall–Kier alpha value is -4.70. The summed E-state index contributed by atoms with van der Waals surface area (Å²) in [4.78, 5) is 69.3. The molecular weight excluding hydrogens is 550 g/mol. The molecule has 0 spiro atoms. The number of carbonyl (C=O) groups is 5. The predicted octanol–water partition coefficient (Wildman–Crippen LogP) is -2.72. The maximum atomic E-state index is 13.3. The molecule has 0 radical (unpaired) electrons. The van der Waals surface area contributed by atoms with Crippen LogP contribution in [0, 0.1) is 0 Å². The van der Waals surface area contributed by atoms with Crippen LogP contribution in [-0.4, -0.2) is 87.6 Å². The zero-order chi connectivity index (χ0) is 31.4. The lowest BCUT2D eigenvalue weighted by Gasteiger charge is -2.25. The standard InChI is InChI=1S/C26H39N9O7/c1-13(36)21(28)24(40)34-18(8-9-20(27)37)23(39)33-17(7-4-10-31-26(29)30)22(38)35-19(25(41)42)11-14-12-32-16-6-3-2-5-15(14)16/h2-3,5-6,12-13,17-19,21,32,36H,4,7-11,28H2,1H3,(H2,27,37)(H,33,39)(H,34,40)(H,35,38)(H,41,42)(H4,29,30,31). The number of H-pyrrole nitrogens is 1. The molecule has 0 aliphatic heterocycles. The van der Waals surface area contributed by atoms with Crippen molar-refractivity contribution in [2.75, 3.05) is 6.54 Å². The minimum absolute atomic E-state index is 0.00253. The van der Waals surface area contributed by atoms with Crippen LogP contribution in [0.2, 0.25) is 0 Å². The summed E-state index contributed by atoms with van der Waals surface area (Å²) in [5.74, 6) is -4.73. The number of hydrogen-bond acceptors (Lipinski definition) is 8. The fraction of sp³-hybridized carbons (Fsp3) is 0.462. The van der Waals surface area contributed by atoms with Gasteiger partial charge in [0, 0.05) is 36.5 Å². The highest BCUT2D eigenvalue weighted by Gasteiger charge is 2.31. The second-order valence-corrected chi connectivity index (χ2v) is 9.81. The molecule has 2 rings (SSSR count). The number of carboxylic acids is 1. The number of amides is 4. The SMILES string of the molecule is CC(O)C(N)C(=O)NC(CCC(N)=O)C(=O)NC(CCCN=C(N)N)C(=O)NC(Cc1c[nH]c2ccccc12)C(=O)O. The van der Waals surface area contributed by atoms with Crippen molar-refractivity contribution in [3.63, 3.8) is 0 Å². The first-order valence-electron chi connectivity index (χ1n) is 13.3. The van der Waals surface area contributed by atoms with Crippen LogP contribution in [0.3, 0.4) is 0 Å². The Labute approximate surface area is 241 Å². The number of rotatable bonds is 17. The van der Waals surface area contributed by atoms with Gasteiger partial charge in [-0.3, -0.25) is 24.2 Å². The maximum absolute atomic E-state index is 13.3. The Kier molecular flexibility index (Phi) is 12.7. The molecule has 0 saturated carbocycles. The van der Waals surface area contributed by atoms with Crippen molar-refractivity contribution in [3.8, 4) is 0 Å². The fourth-order valence-corrected chi connectivity index (χ4v) is 4.08. The number of para-hydroxylation sites is 1. The van der Waals surface area contributed by atoms with Gasteiger partial charge in [-0.05, 0) is 37.8 Å². The van der Waals surface area contributed by atoms with E-state index >= 15 is 0 Å². The maximum Gasteiger partial charge on any atom is 0.326 e. The van der Waals surface area contributed by atoms with Gasteiger partial charge in [-0.1, -0.05) is 18.2 Å². The van der Waals surface area contributed by atoms with Crippen LogP contribution in [0.4, 0.5) is 0 Å². The van der Waals surface area contributed by atoms with Crippen molar-refractivity contribution in [1.29, 1.82) is 0 Å². The van der Waals surface area contributed by atoms with Crippen molar-refractivity contribution in [3.05, 3.63) is 36.0 Å². The molecule has 0 aliphatic rings. The third kappa shape index (κ3) is 10.4. The quantitative estimate of drug-likeness (QED) is 0.0516. The van der Waals surface area contributed by atoms with Gasteiger partial charge in [0.15, 0.2) is 5.96 Å². The predicted molar refractivity (Wildman–Crippen MR) is 153 cm³/mol. The van der Waals surface area contributed by atoms with Crippen LogP contribution in [-0.2, 0) is 30.4 Å². The van der Waals surface area contributed by atoms with E-state index in [-0.39, 0.29) is 44.6 Å². The van der Waals surface area contributed by atoms with E-state index in [1.165, 1.54) is 6.92 Å². The van der Waals surface area contributed by atoms with E-state index in [0.29, 0.717) is 5.56 Å². The van der Waals surface area contributed by atoms with Crippen molar-refractivity contribution >= 4 is 46.5 Å². The molecule has 4 amide bonds. The van der Waals surface area contributed by atoms with E-state index in [2.05, 4.69) is 25.9 Å². The number of aliphatic imine (C=N–C) groups is 1. The molecule has 2 aromatic rings. The molecule has 1 aromatic heterocycles. The van der Waals surface area contributed by atoms with E-state index in [1.807, 2.05) is 18.2 Å². The summed E-state index contributed by atoms with van der Waals surface area (Å²) in [5.41, 5.74) is 23.0. The van der Waals surface area contributed by atoms with Crippen LogP contribution >= 0.6 is 0 Å². The van der Waals surface area contributed by atoms with Gasteiger partial charge in [0.05, 0.1) is 6.10 Å². The smallest absolute Gasteiger partial charge is 0.326 e. The molecule has 42 heavy (non-hydrogen) atoms. The lowest BCUT2D eigenvalue weighted by atomic mass is 10.0. The van der Waals surface area contributed by atoms with Crippen molar-refractivity contribution in [2.45, 2.75) is 69.3 Å². The highest BCUT2D eigenvalue weighted by atomic mass is 16.4. The molecular formula is C26H39N9O7. The molecule has 0 bridgehead atoms. The first kappa shape index (κ1) is 33.5. The summed E-state index contributed by atoms with van der Waals surface area (Å²) < 4.78 is 0. The molecule has 1 aromatic carbocycles. The van der Waals surface area contributed by atoms with E-state index < -0.39 is 59.9 Å². The number of guanidine groups is 1. The van der Waals surface area contributed by atoms with Gasteiger partial charge in [-0.15, -0.1) is 0 Å².